The Kier molecular flexibility index (Phi) is 5.39. The summed E-state index contributed by atoms with van der Waals surface area (Å²) >= 11 is 8.14. The monoisotopic (exact) mass is 284 g/mol. The van der Waals surface area contributed by atoms with Crippen LogP contribution in [0.15, 0.2) is 18.2 Å². The van der Waals surface area contributed by atoms with Gasteiger partial charge in [-0.25, -0.2) is 0 Å². The second-order valence-electron chi connectivity index (χ2n) is 4.43. The van der Waals surface area contributed by atoms with Crippen LogP contribution in [0.4, 0.5) is 0 Å². The molecule has 2 nitrogen and oxygen atoms in total. The molecule has 0 aliphatic carbocycles. The zero-order valence-corrected chi connectivity index (χ0v) is 11.8. The first-order chi connectivity index (χ1) is 8.79. The number of hydrogen-bond donors (Lipinski definition) is 0. The Labute approximate surface area is 117 Å². The number of rotatable bonds is 5. The van der Waals surface area contributed by atoms with Gasteiger partial charge in [-0.05, 0) is 42.7 Å². The lowest BCUT2D eigenvalue weighted by Gasteiger charge is -2.23. The molecule has 1 atom stereocenters. The van der Waals surface area contributed by atoms with Gasteiger partial charge in [0, 0.05) is 12.2 Å². The van der Waals surface area contributed by atoms with Gasteiger partial charge in [0.15, 0.2) is 0 Å². The fourth-order valence-corrected chi connectivity index (χ4v) is 3.29. The average Bonchev–Trinajstić information content (AvgIpc) is 2.40. The van der Waals surface area contributed by atoms with Gasteiger partial charge >= 0.3 is 0 Å². The van der Waals surface area contributed by atoms with Gasteiger partial charge in [0.05, 0.1) is 5.02 Å². The quantitative estimate of drug-likeness (QED) is 0.771. The molecule has 0 spiro atoms. The van der Waals surface area contributed by atoms with Crippen LogP contribution in [0.3, 0.4) is 0 Å². The first-order valence-electron chi connectivity index (χ1n) is 6.26. The van der Waals surface area contributed by atoms with Gasteiger partial charge in [-0.2, -0.15) is 11.8 Å². The molecule has 4 heteroatoms. The van der Waals surface area contributed by atoms with Gasteiger partial charge in [-0.15, -0.1) is 0 Å². The van der Waals surface area contributed by atoms with E-state index in [9.17, 15) is 4.79 Å². The van der Waals surface area contributed by atoms with Crippen LogP contribution in [0.2, 0.25) is 5.02 Å². The van der Waals surface area contributed by atoms with Crippen molar-refractivity contribution in [3.05, 3.63) is 28.8 Å². The molecule has 1 aromatic rings. The molecule has 1 saturated heterocycles. The van der Waals surface area contributed by atoms with Gasteiger partial charge in [-0.3, -0.25) is 0 Å². The fourth-order valence-electron chi connectivity index (χ4n) is 2.00. The molecule has 98 valence electrons. The molecule has 0 amide bonds. The molecular formula is C14H17ClO2S. The Morgan fingerprint density at radius 1 is 1.50 bits per heavy atom. The summed E-state index contributed by atoms with van der Waals surface area (Å²) in [4.78, 5) is 10.3. The van der Waals surface area contributed by atoms with E-state index in [2.05, 4.69) is 0 Å². The van der Waals surface area contributed by atoms with E-state index >= 15 is 0 Å². The van der Waals surface area contributed by atoms with Crippen molar-refractivity contribution in [2.24, 2.45) is 0 Å². The van der Waals surface area contributed by atoms with Crippen molar-refractivity contribution in [2.45, 2.75) is 31.8 Å². The highest BCUT2D eigenvalue weighted by Crippen LogP contribution is 2.29. The fraction of sp³-hybridized carbons (Fsp3) is 0.500. The van der Waals surface area contributed by atoms with Crippen LogP contribution in [0.1, 0.15) is 24.8 Å². The molecule has 0 bridgehead atoms. The van der Waals surface area contributed by atoms with Crippen LogP contribution in [0.5, 0.6) is 5.75 Å². The summed E-state index contributed by atoms with van der Waals surface area (Å²) in [5, 5.41) is 0.647. The number of ether oxygens (including phenoxy) is 1. The van der Waals surface area contributed by atoms with Gasteiger partial charge in [0.2, 0.25) is 0 Å². The Hall–Kier alpha value is -0.670. The molecule has 1 aliphatic rings. The number of carbonyl (C=O) groups excluding carboxylic acids is 1. The van der Waals surface area contributed by atoms with E-state index in [0.717, 1.165) is 36.2 Å². The highest BCUT2D eigenvalue weighted by molar-refractivity contribution is 7.99. The van der Waals surface area contributed by atoms with Gasteiger partial charge in [0.1, 0.15) is 18.1 Å². The van der Waals surface area contributed by atoms with E-state index in [-0.39, 0.29) is 6.10 Å². The number of carbonyl (C=O) groups is 1. The van der Waals surface area contributed by atoms with Crippen molar-refractivity contribution < 1.29 is 9.53 Å². The SMILES string of the molecule is O=CCCc1ccc(OC2CCCSC2)c(Cl)c1. The normalized spacial score (nSPS) is 19.5. The summed E-state index contributed by atoms with van der Waals surface area (Å²) in [6, 6.07) is 5.80. The van der Waals surface area contributed by atoms with E-state index in [1.54, 1.807) is 0 Å². The Balaban J connectivity index is 1.97. The first-order valence-corrected chi connectivity index (χ1v) is 7.79. The van der Waals surface area contributed by atoms with Crippen molar-refractivity contribution in [3.63, 3.8) is 0 Å². The third-order valence-corrected chi connectivity index (χ3v) is 4.44. The summed E-state index contributed by atoms with van der Waals surface area (Å²) in [5.41, 5.74) is 1.08. The number of benzene rings is 1. The van der Waals surface area contributed by atoms with Crippen LogP contribution in [-0.2, 0) is 11.2 Å². The number of hydrogen-bond acceptors (Lipinski definition) is 3. The number of aldehydes is 1. The third kappa shape index (κ3) is 3.92. The third-order valence-electron chi connectivity index (χ3n) is 2.96. The number of halogens is 1. The second-order valence-corrected chi connectivity index (χ2v) is 5.98. The molecule has 2 rings (SSSR count). The lowest BCUT2D eigenvalue weighted by atomic mass is 10.1. The van der Waals surface area contributed by atoms with Crippen LogP contribution >= 0.6 is 23.4 Å². The van der Waals surface area contributed by atoms with E-state index in [4.69, 9.17) is 16.3 Å². The van der Waals surface area contributed by atoms with Gasteiger partial charge in [0.25, 0.3) is 0 Å². The summed E-state index contributed by atoms with van der Waals surface area (Å²) < 4.78 is 5.92. The first kappa shape index (κ1) is 13.8. The molecule has 1 unspecified atom stereocenters. The maximum Gasteiger partial charge on any atom is 0.138 e. The van der Waals surface area contributed by atoms with Crippen molar-refractivity contribution >= 4 is 29.6 Å². The predicted octanol–water partition coefficient (Wildman–Crippen LogP) is 3.75. The van der Waals surface area contributed by atoms with E-state index in [1.807, 2.05) is 30.0 Å². The zero-order valence-electron chi connectivity index (χ0n) is 10.2. The lowest BCUT2D eigenvalue weighted by molar-refractivity contribution is -0.107. The van der Waals surface area contributed by atoms with Crippen LogP contribution in [0, 0.1) is 0 Å². The Morgan fingerprint density at radius 2 is 2.39 bits per heavy atom. The highest BCUT2D eigenvalue weighted by Gasteiger charge is 2.16. The van der Waals surface area contributed by atoms with E-state index in [0.29, 0.717) is 11.4 Å². The Bertz CT molecular complexity index is 403. The molecule has 0 saturated carbocycles. The lowest BCUT2D eigenvalue weighted by Crippen LogP contribution is -2.23. The zero-order chi connectivity index (χ0) is 12.8. The Morgan fingerprint density at radius 3 is 3.06 bits per heavy atom. The van der Waals surface area contributed by atoms with Crippen LogP contribution in [0.25, 0.3) is 0 Å². The number of thioether (sulfide) groups is 1. The smallest absolute Gasteiger partial charge is 0.138 e. The van der Waals surface area contributed by atoms with Crippen molar-refractivity contribution in [3.8, 4) is 5.75 Å². The van der Waals surface area contributed by atoms with Crippen molar-refractivity contribution in [1.29, 1.82) is 0 Å². The maximum atomic E-state index is 10.3. The average molecular weight is 285 g/mol. The van der Waals surface area contributed by atoms with Crippen LogP contribution in [-0.4, -0.2) is 23.9 Å². The minimum atomic E-state index is 0.280. The molecule has 0 aromatic heterocycles. The number of aryl methyl sites for hydroxylation is 1. The second kappa shape index (κ2) is 7.05. The van der Waals surface area contributed by atoms with Crippen LogP contribution < -0.4 is 4.74 Å². The summed E-state index contributed by atoms with van der Waals surface area (Å²) in [6.45, 7) is 0. The summed E-state index contributed by atoms with van der Waals surface area (Å²) in [7, 11) is 0. The molecule has 1 fully saturated rings. The minimum Gasteiger partial charge on any atom is -0.488 e. The molecular weight excluding hydrogens is 268 g/mol. The summed E-state index contributed by atoms with van der Waals surface area (Å²) in [6.07, 6.45) is 4.80. The largest absolute Gasteiger partial charge is 0.488 e. The van der Waals surface area contributed by atoms with Gasteiger partial charge in [-0.1, -0.05) is 17.7 Å². The van der Waals surface area contributed by atoms with Crippen molar-refractivity contribution in [2.75, 3.05) is 11.5 Å². The summed E-state index contributed by atoms with van der Waals surface area (Å²) in [5.74, 6) is 3.04. The molecule has 18 heavy (non-hydrogen) atoms. The molecule has 0 N–H and O–H groups in total. The predicted molar refractivity (Wildman–Crippen MR) is 76.8 cm³/mol. The van der Waals surface area contributed by atoms with E-state index in [1.165, 1.54) is 12.2 Å². The van der Waals surface area contributed by atoms with Gasteiger partial charge < -0.3 is 9.53 Å². The standard InChI is InChI=1S/C14H17ClO2S/c15-13-9-11(3-1-7-16)5-6-14(13)17-12-4-2-8-18-10-12/h5-7,9,12H,1-4,8,10H2. The highest BCUT2D eigenvalue weighted by atomic mass is 35.5. The molecule has 1 aliphatic heterocycles. The van der Waals surface area contributed by atoms with Crippen molar-refractivity contribution in [1.82, 2.24) is 0 Å². The minimum absolute atomic E-state index is 0.280. The molecule has 0 radical (unpaired) electrons. The molecule has 1 aromatic carbocycles. The molecule has 1 heterocycles. The van der Waals surface area contributed by atoms with E-state index < -0.39 is 0 Å². The topological polar surface area (TPSA) is 26.3 Å². The maximum absolute atomic E-state index is 10.3.